The summed E-state index contributed by atoms with van der Waals surface area (Å²) in [5.41, 5.74) is 10.0. The van der Waals surface area contributed by atoms with Crippen molar-refractivity contribution in [3.05, 3.63) is 63.8 Å². The van der Waals surface area contributed by atoms with E-state index in [1.165, 1.54) is 24.7 Å². The van der Waals surface area contributed by atoms with Crippen LogP contribution in [0.5, 0.6) is 5.88 Å². The van der Waals surface area contributed by atoms with Crippen molar-refractivity contribution in [2.75, 3.05) is 5.73 Å². The molecular formula is C24H28N6O2. The summed E-state index contributed by atoms with van der Waals surface area (Å²) in [6.45, 7) is 3.97. The first kappa shape index (κ1) is 20.5. The van der Waals surface area contributed by atoms with Gasteiger partial charge in [0, 0.05) is 17.3 Å². The summed E-state index contributed by atoms with van der Waals surface area (Å²) in [7, 11) is 0. The van der Waals surface area contributed by atoms with E-state index in [1.54, 1.807) is 6.07 Å². The Morgan fingerprint density at radius 3 is 2.53 bits per heavy atom. The molecule has 8 heteroatoms. The summed E-state index contributed by atoms with van der Waals surface area (Å²) in [5, 5.41) is 5.60. The molecule has 0 saturated heterocycles. The average Bonchev–Trinajstić information content (AvgIpc) is 3.18. The van der Waals surface area contributed by atoms with Crippen LogP contribution in [-0.2, 0) is 6.42 Å². The first-order chi connectivity index (χ1) is 15.4. The van der Waals surface area contributed by atoms with Crippen LogP contribution >= 0.6 is 0 Å². The summed E-state index contributed by atoms with van der Waals surface area (Å²) in [5.74, 6) is 1.93. The summed E-state index contributed by atoms with van der Waals surface area (Å²) in [6, 6.07) is 10.3. The molecule has 0 bridgehead atoms. The highest BCUT2D eigenvalue weighted by atomic mass is 16.5. The third kappa shape index (κ3) is 3.92. The number of H-pyrrole nitrogens is 2. The monoisotopic (exact) mass is 432 g/mol. The van der Waals surface area contributed by atoms with Gasteiger partial charge >= 0.3 is 0 Å². The van der Waals surface area contributed by atoms with Gasteiger partial charge in [0.25, 0.3) is 5.56 Å². The number of nitrogens with two attached hydrogens (primary N) is 1. The molecule has 1 aliphatic carbocycles. The van der Waals surface area contributed by atoms with Crippen molar-refractivity contribution >= 4 is 17.2 Å². The number of fused-ring (bicyclic) bond motifs is 1. The van der Waals surface area contributed by atoms with Crippen LogP contribution in [0.3, 0.4) is 0 Å². The van der Waals surface area contributed by atoms with E-state index in [9.17, 15) is 4.79 Å². The Bertz CT molecular complexity index is 1200. The first-order valence-electron chi connectivity index (χ1n) is 11.1. The number of nitrogens with zero attached hydrogens (tertiary/aromatic N) is 3. The molecule has 2 aromatic heterocycles. The molecule has 0 amide bonds. The zero-order valence-electron chi connectivity index (χ0n) is 18.4. The maximum atomic E-state index is 11.3. The number of hydrogen-bond donors (Lipinski definition) is 3. The summed E-state index contributed by atoms with van der Waals surface area (Å²) >= 11 is 0. The van der Waals surface area contributed by atoms with Gasteiger partial charge in [-0.25, -0.2) is 9.98 Å². The quantitative estimate of drug-likeness (QED) is 0.577. The third-order valence-corrected chi connectivity index (χ3v) is 6.63. The Morgan fingerprint density at radius 2 is 1.84 bits per heavy atom. The van der Waals surface area contributed by atoms with Crippen LogP contribution in [-0.4, -0.2) is 31.5 Å². The highest BCUT2D eigenvalue weighted by molar-refractivity contribution is 6.09. The highest BCUT2D eigenvalue weighted by Gasteiger charge is 2.35. The smallest absolute Gasteiger partial charge is 0.264 e. The van der Waals surface area contributed by atoms with Crippen molar-refractivity contribution in [2.24, 2.45) is 10.9 Å². The number of benzene rings is 1. The largest absolute Gasteiger partial charge is 0.463 e. The van der Waals surface area contributed by atoms with Crippen molar-refractivity contribution in [3.8, 4) is 5.88 Å². The molecule has 4 N–H and O–H groups in total. The number of anilines is 1. The molecule has 2 aliphatic rings. The second-order valence-corrected chi connectivity index (χ2v) is 9.31. The van der Waals surface area contributed by atoms with Crippen LogP contribution in [0.15, 0.2) is 46.4 Å². The zero-order valence-corrected chi connectivity index (χ0v) is 18.4. The molecule has 32 heavy (non-hydrogen) atoms. The van der Waals surface area contributed by atoms with Gasteiger partial charge in [-0.15, -0.1) is 0 Å². The molecule has 0 unspecified atom stereocenters. The Balaban J connectivity index is 1.29. The van der Waals surface area contributed by atoms with Crippen LogP contribution in [0, 0.1) is 5.92 Å². The van der Waals surface area contributed by atoms with E-state index in [-0.39, 0.29) is 5.56 Å². The van der Waals surface area contributed by atoms with Crippen LogP contribution in [0.1, 0.15) is 62.3 Å². The van der Waals surface area contributed by atoms with E-state index >= 15 is 0 Å². The topological polar surface area (TPSA) is 122 Å². The molecule has 1 fully saturated rings. The van der Waals surface area contributed by atoms with Crippen molar-refractivity contribution in [1.29, 1.82) is 0 Å². The lowest BCUT2D eigenvalue weighted by molar-refractivity contribution is 0.171. The Labute approximate surface area is 186 Å². The lowest BCUT2D eigenvalue weighted by Crippen LogP contribution is -2.41. The van der Waals surface area contributed by atoms with Gasteiger partial charge in [0.2, 0.25) is 5.88 Å². The molecule has 3 heterocycles. The fraction of sp³-hybridized carbons (Fsp3) is 0.417. The average molecular weight is 433 g/mol. The molecule has 166 valence electrons. The predicted octanol–water partition coefficient (Wildman–Crippen LogP) is 3.88. The zero-order chi connectivity index (χ0) is 22.3. The van der Waals surface area contributed by atoms with Crippen LogP contribution < -0.4 is 16.0 Å². The van der Waals surface area contributed by atoms with Gasteiger partial charge in [-0.2, -0.15) is 4.98 Å². The second-order valence-electron chi connectivity index (χ2n) is 9.31. The molecular weight excluding hydrogens is 404 g/mol. The minimum Gasteiger partial charge on any atom is -0.463 e. The fourth-order valence-corrected chi connectivity index (χ4v) is 4.91. The molecule has 0 spiro atoms. The predicted molar refractivity (Wildman–Crippen MR) is 124 cm³/mol. The highest BCUT2D eigenvalue weighted by Crippen LogP contribution is 2.40. The second kappa shape index (κ2) is 7.93. The van der Waals surface area contributed by atoms with Crippen LogP contribution in [0.2, 0.25) is 0 Å². The number of nitrogen functional groups attached to an aromatic ring is 1. The number of rotatable bonds is 4. The van der Waals surface area contributed by atoms with Crippen LogP contribution in [0.4, 0.5) is 11.5 Å². The Morgan fingerprint density at radius 1 is 1.09 bits per heavy atom. The third-order valence-electron chi connectivity index (χ3n) is 6.63. The normalized spacial score (nSPS) is 22.0. The minimum absolute atomic E-state index is 0.0522. The van der Waals surface area contributed by atoms with Gasteiger partial charge in [-0.3, -0.25) is 9.89 Å². The molecule has 0 atom stereocenters. The summed E-state index contributed by atoms with van der Waals surface area (Å²) in [4.78, 5) is 24.3. The number of aliphatic imine (C=N–C) groups is 1. The SMILES string of the molecule is CC1(C)Oc2ncnc(N)c2N=C1c1ccc(C2CCC(Cc3cc(=O)[nH][nH]3)CC2)cc1. The molecule has 1 aromatic carbocycles. The van der Waals surface area contributed by atoms with Gasteiger partial charge in [-0.1, -0.05) is 24.3 Å². The first-order valence-corrected chi connectivity index (χ1v) is 11.1. The molecule has 1 aliphatic heterocycles. The van der Waals surface area contributed by atoms with Crippen molar-refractivity contribution < 1.29 is 4.74 Å². The van der Waals surface area contributed by atoms with E-state index < -0.39 is 5.60 Å². The maximum absolute atomic E-state index is 11.3. The van der Waals surface area contributed by atoms with Gasteiger partial charge < -0.3 is 15.6 Å². The van der Waals surface area contributed by atoms with E-state index in [0.717, 1.165) is 36.2 Å². The molecule has 0 radical (unpaired) electrons. The number of aromatic nitrogens is 4. The van der Waals surface area contributed by atoms with Crippen molar-refractivity contribution in [2.45, 2.75) is 57.5 Å². The van der Waals surface area contributed by atoms with E-state index in [2.05, 4.69) is 44.4 Å². The Hall–Kier alpha value is -3.42. The molecule has 1 saturated carbocycles. The lowest BCUT2D eigenvalue weighted by Gasteiger charge is -2.32. The number of nitrogens with one attached hydrogen (secondary N) is 2. The van der Waals surface area contributed by atoms with Gasteiger partial charge in [-0.05, 0) is 63.4 Å². The summed E-state index contributed by atoms with van der Waals surface area (Å²) < 4.78 is 6.09. The van der Waals surface area contributed by atoms with E-state index in [0.29, 0.717) is 29.2 Å². The Kier molecular flexibility index (Phi) is 5.07. The number of hydrogen-bond acceptors (Lipinski definition) is 6. The molecule has 3 aromatic rings. The van der Waals surface area contributed by atoms with Gasteiger partial charge in [0.05, 0.1) is 5.71 Å². The van der Waals surface area contributed by atoms with Gasteiger partial charge in [0.1, 0.15) is 11.9 Å². The minimum atomic E-state index is -0.618. The molecule has 5 rings (SSSR count). The van der Waals surface area contributed by atoms with Crippen molar-refractivity contribution in [1.82, 2.24) is 20.2 Å². The standard InChI is InChI=1S/C24H28N6O2/c1-24(2)21(28-20-22(25)26-13-27-23(20)32-24)17-9-7-16(8-10-17)15-5-3-14(4-6-15)11-18-12-19(31)30-29-18/h7-10,12-15H,3-6,11H2,1-2H3,(H2,25,26,27)(H2,29,30,31). The fourth-order valence-electron chi connectivity index (χ4n) is 4.91. The maximum Gasteiger partial charge on any atom is 0.264 e. The summed E-state index contributed by atoms with van der Waals surface area (Å²) in [6.07, 6.45) is 7.00. The van der Waals surface area contributed by atoms with Gasteiger partial charge in [0.15, 0.2) is 11.5 Å². The van der Waals surface area contributed by atoms with E-state index in [4.69, 9.17) is 15.5 Å². The van der Waals surface area contributed by atoms with Crippen molar-refractivity contribution in [3.63, 3.8) is 0 Å². The number of ether oxygens (including phenoxy) is 1. The van der Waals surface area contributed by atoms with E-state index in [1.807, 2.05) is 13.8 Å². The lowest BCUT2D eigenvalue weighted by atomic mass is 9.77. The number of aromatic amines is 2. The van der Waals surface area contributed by atoms with Crippen LogP contribution in [0.25, 0.3) is 0 Å². The molecule has 8 nitrogen and oxygen atoms in total.